The molecule has 2 bridgehead atoms. The maximum absolute atomic E-state index is 9.06. The van der Waals surface area contributed by atoms with Crippen LogP contribution in [-0.2, 0) is 0 Å². The summed E-state index contributed by atoms with van der Waals surface area (Å²) in [5.41, 5.74) is 5.54. The monoisotopic (exact) mass is 226 g/mol. The third-order valence-corrected chi connectivity index (χ3v) is 4.33. The molecule has 3 heteroatoms. The number of aliphatic hydroxyl groups excluding tert-OH is 1. The molecule has 16 heavy (non-hydrogen) atoms. The van der Waals surface area contributed by atoms with E-state index >= 15 is 0 Å². The van der Waals surface area contributed by atoms with Gasteiger partial charge in [0.25, 0.3) is 0 Å². The Balaban J connectivity index is 1.59. The number of fused-ring (bicyclic) bond motifs is 2. The van der Waals surface area contributed by atoms with Crippen molar-refractivity contribution in [2.75, 3.05) is 19.7 Å². The number of rotatable bonds is 6. The van der Waals surface area contributed by atoms with Crippen LogP contribution in [0.15, 0.2) is 0 Å². The average Bonchev–Trinajstić information content (AvgIpc) is 2.86. The number of likely N-dealkylation sites (tertiary alicyclic amines) is 1. The van der Waals surface area contributed by atoms with Gasteiger partial charge in [-0.3, -0.25) is 0 Å². The van der Waals surface area contributed by atoms with E-state index in [1.54, 1.807) is 0 Å². The minimum Gasteiger partial charge on any atom is -0.394 e. The van der Waals surface area contributed by atoms with Crippen molar-refractivity contribution in [3.05, 3.63) is 0 Å². The Bertz CT molecular complexity index is 230. The fourth-order valence-electron chi connectivity index (χ4n) is 3.22. The normalized spacial score (nSPS) is 33.2. The molecular formula is C13H26N2O. The first-order chi connectivity index (χ1) is 7.61. The first kappa shape index (κ1) is 12.3. The van der Waals surface area contributed by atoms with Crippen molar-refractivity contribution in [3.8, 4) is 0 Å². The van der Waals surface area contributed by atoms with Crippen molar-refractivity contribution in [2.45, 2.75) is 57.0 Å². The highest BCUT2D eigenvalue weighted by atomic mass is 16.3. The first-order valence-corrected chi connectivity index (χ1v) is 6.74. The summed E-state index contributed by atoms with van der Waals surface area (Å²) in [6.45, 7) is 4.61. The highest BCUT2D eigenvalue weighted by Gasteiger charge is 2.36. The summed E-state index contributed by atoms with van der Waals surface area (Å²) in [6.07, 6.45) is 7.65. The van der Waals surface area contributed by atoms with Gasteiger partial charge in [0.1, 0.15) is 0 Å². The van der Waals surface area contributed by atoms with E-state index in [9.17, 15) is 0 Å². The maximum atomic E-state index is 9.06. The molecule has 2 rings (SSSR count). The number of nitrogens with two attached hydrogens (primary N) is 1. The quantitative estimate of drug-likeness (QED) is 0.672. The minimum atomic E-state index is -0.371. The van der Waals surface area contributed by atoms with Gasteiger partial charge in [0.05, 0.1) is 6.61 Å². The summed E-state index contributed by atoms with van der Waals surface area (Å²) in [5.74, 6) is 1.00. The largest absolute Gasteiger partial charge is 0.394 e. The molecule has 94 valence electrons. The Hall–Kier alpha value is -0.120. The summed E-state index contributed by atoms with van der Waals surface area (Å²) < 4.78 is 0. The Labute approximate surface area is 99.0 Å². The van der Waals surface area contributed by atoms with Crippen LogP contribution in [-0.4, -0.2) is 41.3 Å². The average molecular weight is 226 g/mol. The van der Waals surface area contributed by atoms with E-state index in [1.165, 1.54) is 38.8 Å². The van der Waals surface area contributed by atoms with Crippen LogP contribution in [0.4, 0.5) is 0 Å². The van der Waals surface area contributed by atoms with Gasteiger partial charge in [0, 0.05) is 18.1 Å². The standard InChI is InChI=1S/C13H26N2O/c1-13(14,10-16)6-2-3-7-15-9-11-4-5-12(15)8-11/h11-12,16H,2-10,14H2,1H3. The van der Waals surface area contributed by atoms with Crippen LogP contribution in [0.3, 0.4) is 0 Å². The molecule has 1 heterocycles. The number of hydrogen-bond acceptors (Lipinski definition) is 3. The number of aliphatic hydroxyl groups is 1. The molecule has 0 spiro atoms. The van der Waals surface area contributed by atoms with E-state index in [-0.39, 0.29) is 12.1 Å². The summed E-state index contributed by atoms with van der Waals surface area (Å²) in [6, 6.07) is 0.895. The Morgan fingerprint density at radius 3 is 2.75 bits per heavy atom. The van der Waals surface area contributed by atoms with Crippen LogP contribution in [0.25, 0.3) is 0 Å². The SMILES string of the molecule is CC(N)(CO)CCCCN1CC2CCC1C2. The van der Waals surface area contributed by atoms with Gasteiger partial charge in [-0.25, -0.2) is 0 Å². The van der Waals surface area contributed by atoms with Crippen molar-refractivity contribution in [2.24, 2.45) is 11.7 Å². The zero-order chi connectivity index (χ0) is 11.6. The number of nitrogens with zero attached hydrogens (tertiary/aromatic N) is 1. The van der Waals surface area contributed by atoms with E-state index in [4.69, 9.17) is 10.8 Å². The van der Waals surface area contributed by atoms with Gasteiger partial charge in [0.2, 0.25) is 0 Å². The summed E-state index contributed by atoms with van der Waals surface area (Å²) >= 11 is 0. The summed E-state index contributed by atoms with van der Waals surface area (Å²) in [7, 11) is 0. The lowest BCUT2D eigenvalue weighted by atomic mass is 9.97. The van der Waals surface area contributed by atoms with Gasteiger partial charge in [0.15, 0.2) is 0 Å². The Kier molecular flexibility index (Phi) is 3.88. The van der Waals surface area contributed by atoms with Crippen molar-refractivity contribution in [3.63, 3.8) is 0 Å². The van der Waals surface area contributed by atoms with Crippen LogP contribution in [0.2, 0.25) is 0 Å². The van der Waals surface area contributed by atoms with E-state index < -0.39 is 0 Å². The molecule has 2 aliphatic rings. The van der Waals surface area contributed by atoms with Gasteiger partial charge < -0.3 is 15.7 Å². The molecule has 0 radical (unpaired) electrons. The zero-order valence-corrected chi connectivity index (χ0v) is 10.5. The lowest BCUT2D eigenvalue weighted by Crippen LogP contribution is -2.40. The fourth-order valence-corrected chi connectivity index (χ4v) is 3.22. The summed E-state index contributed by atoms with van der Waals surface area (Å²) in [4.78, 5) is 2.67. The third kappa shape index (κ3) is 2.96. The first-order valence-electron chi connectivity index (χ1n) is 6.74. The molecule has 2 fully saturated rings. The summed E-state index contributed by atoms with van der Waals surface area (Å²) in [5, 5.41) is 9.06. The smallest absolute Gasteiger partial charge is 0.0608 e. The molecule has 0 amide bonds. The van der Waals surface area contributed by atoms with E-state index in [1.807, 2.05) is 6.92 Å². The molecule has 3 atom stereocenters. The Morgan fingerprint density at radius 2 is 2.19 bits per heavy atom. The predicted octanol–water partition coefficient (Wildman–Crippen LogP) is 1.35. The third-order valence-electron chi connectivity index (χ3n) is 4.33. The molecule has 0 aromatic heterocycles. The van der Waals surface area contributed by atoms with Gasteiger partial charge in [-0.2, -0.15) is 0 Å². The molecule has 3 N–H and O–H groups in total. The second-order valence-electron chi connectivity index (χ2n) is 6.10. The molecule has 1 aliphatic heterocycles. The van der Waals surface area contributed by atoms with E-state index in [0.717, 1.165) is 24.8 Å². The van der Waals surface area contributed by atoms with Gasteiger partial charge >= 0.3 is 0 Å². The van der Waals surface area contributed by atoms with Crippen molar-refractivity contribution in [1.82, 2.24) is 4.90 Å². The van der Waals surface area contributed by atoms with Crippen molar-refractivity contribution < 1.29 is 5.11 Å². The van der Waals surface area contributed by atoms with Gasteiger partial charge in [-0.15, -0.1) is 0 Å². The van der Waals surface area contributed by atoms with Crippen molar-refractivity contribution in [1.29, 1.82) is 0 Å². The maximum Gasteiger partial charge on any atom is 0.0608 e. The molecule has 0 aromatic carbocycles. The molecular weight excluding hydrogens is 200 g/mol. The fraction of sp³-hybridized carbons (Fsp3) is 1.00. The highest BCUT2D eigenvalue weighted by Crippen LogP contribution is 2.37. The van der Waals surface area contributed by atoms with Gasteiger partial charge in [-0.05, 0) is 51.5 Å². The molecule has 3 nitrogen and oxygen atoms in total. The van der Waals surface area contributed by atoms with Gasteiger partial charge in [-0.1, -0.05) is 6.42 Å². The Morgan fingerprint density at radius 1 is 1.38 bits per heavy atom. The second kappa shape index (κ2) is 5.03. The molecule has 1 saturated carbocycles. The van der Waals surface area contributed by atoms with Crippen LogP contribution in [0.5, 0.6) is 0 Å². The minimum absolute atomic E-state index is 0.0986. The van der Waals surface area contributed by atoms with E-state index in [2.05, 4.69) is 4.90 Å². The topological polar surface area (TPSA) is 49.5 Å². The van der Waals surface area contributed by atoms with Crippen LogP contribution in [0.1, 0.15) is 45.4 Å². The van der Waals surface area contributed by atoms with Crippen LogP contribution >= 0.6 is 0 Å². The van der Waals surface area contributed by atoms with E-state index in [0.29, 0.717) is 0 Å². The van der Waals surface area contributed by atoms with Crippen molar-refractivity contribution >= 4 is 0 Å². The molecule has 0 aromatic rings. The zero-order valence-electron chi connectivity index (χ0n) is 10.5. The number of hydrogen-bond donors (Lipinski definition) is 2. The molecule has 1 saturated heterocycles. The lowest BCUT2D eigenvalue weighted by Gasteiger charge is -2.27. The second-order valence-corrected chi connectivity index (χ2v) is 6.10. The highest BCUT2D eigenvalue weighted by molar-refractivity contribution is 4.91. The lowest BCUT2D eigenvalue weighted by molar-refractivity contribution is 0.186. The van der Waals surface area contributed by atoms with Crippen LogP contribution < -0.4 is 5.73 Å². The molecule has 3 unspecified atom stereocenters. The van der Waals surface area contributed by atoms with Crippen LogP contribution in [0, 0.1) is 5.92 Å². The predicted molar refractivity (Wildman–Crippen MR) is 66.2 cm³/mol. The number of unbranched alkanes of at least 4 members (excludes halogenated alkanes) is 1. The number of piperidine rings is 1. The molecule has 1 aliphatic carbocycles.